The molecule has 0 fully saturated rings. The van der Waals surface area contributed by atoms with Crippen LogP contribution in [0.2, 0.25) is 0 Å². The molecule has 0 radical (unpaired) electrons. The second-order valence-corrected chi connectivity index (χ2v) is 4.61. The lowest BCUT2D eigenvalue weighted by molar-refractivity contribution is 0.281. The summed E-state index contributed by atoms with van der Waals surface area (Å²) >= 11 is 0. The Labute approximate surface area is 118 Å². The van der Waals surface area contributed by atoms with Crippen LogP contribution in [0.3, 0.4) is 0 Å². The summed E-state index contributed by atoms with van der Waals surface area (Å²) in [6.45, 7) is 1.89. The minimum atomic E-state index is -0.404. The van der Waals surface area contributed by atoms with Gasteiger partial charge in [-0.3, -0.25) is 0 Å². The molecule has 20 heavy (non-hydrogen) atoms. The van der Waals surface area contributed by atoms with Crippen molar-refractivity contribution in [2.45, 2.75) is 19.6 Å². The molecule has 0 aliphatic heterocycles. The van der Waals surface area contributed by atoms with Crippen molar-refractivity contribution in [3.05, 3.63) is 59.4 Å². The number of ether oxygens (including phenoxy) is 1. The molecule has 0 aliphatic carbocycles. The van der Waals surface area contributed by atoms with Crippen molar-refractivity contribution in [2.24, 2.45) is 0 Å². The first kappa shape index (κ1) is 14.5. The normalized spacial score (nSPS) is 12.2. The van der Waals surface area contributed by atoms with E-state index in [0.717, 1.165) is 11.1 Å². The monoisotopic (exact) mass is 275 g/mol. The number of aliphatic hydroxyl groups is 1. The molecule has 0 aromatic heterocycles. The zero-order valence-corrected chi connectivity index (χ0v) is 11.6. The fourth-order valence-corrected chi connectivity index (χ4v) is 1.87. The smallest absolute Gasteiger partial charge is 0.166 e. The van der Waals surface area contributed by atoms with E-state index in [1.165, 1.54) is 6.07 Å². The third kappa shape index (κ3) is 3.35. The number of hydrogen-bond donors (Lipinski definition) is 2. The molecule has 2 aromatic carbocycles. The number of halogens is 1. The lowest BCUT2D eigenvalue weighted by Crippen LogP contribution is -2.12. The van der Waals surface area contributed by atoms with Gasteiger partial charge in [-0.2, -0.15) is 0 Å². The van der Waals surface area contributed by atoms with E-state index in [1.807, 2.05) is 20.0 Å². The van der Waals surface area contributed by atoms with Crippen molar-refractivity contribution < 1.29 is 14.2 Å². The molecule has 0 amide bonds. The topological polar surface area (TPSA) is 41.5 Å². The lowest BCUT2D eigenvalue weighted by Gasteiger charge is -2.13. The Bertz CT molecular complexity index is 586. The van der Waals surface area contributed by atoms with Gasteiger partial charge in [0.05, 0.1) is 6.61 Å². The summed E-state index contributed by atoms with van der Waals surface area (Å²) in [5.74, 6) is 0.274. The zero-order valence-electron chi connectivity index (χ0n) is 11.6. The van der Waals surface area contributed by atoms with Crippen LogP contribution in [0.5, 0.6) is 11.5 Å². The van der Waals surface area contributed by atoms with Gasteiger partial charge in [0.15, 0.2) is 11.6 Å². The minimum Gasteiger partial charge on any atom is -0.454 e. The molecule has 2 aromatic rings. The first-order chi connectivity index (χ1) is 9.63. The number of nitrogens with one attached hydrogen (secondary N) is 1. The molecular formula is C16H18FNO2. The van der Waals surface area contributed by atoms with Crippen molar-refractivity contribution in [1.29, 1.82) is 0 Å². The molecule has 2 rings (SSSR count). The number of benzene rings is 2. The van der Waals surface area contributed by atoms with E-state index in [9.17, 15) is 4.39 Å². The Hall–Kier alpha value is -1.91. The Morgan fingerprint density at radius 3 is 2.70 bits per heavy atom. The molecule has 0 bridgehead atoms. The second-order valence-electron chi connectivity index (χ2n) is 4.61. The fourth-order valence-electron chi connectivity index (χ4n) is 1.87. The summed E-state index contributed by atoms with van der Waals surface area (Å²) < 4.78 is 19.5. The molecule has 0 saturated carbocycles. The van der Waals surface area contributed by atoms with E-state index in [1.54, 1.807) is 30.3 Å². The largest absolute Gasteiger partial charge is 0.454 e. The molecule has 1 unspecified atom stereocenters. The molecule has 3 nitrogen and oxygen atoms in total. The van der Waals surface area contributed by atoms with Gasteiger partial charge in [0.1, 0.15) is 5.75 Å². The van der Waals surface area contributed by atoms with Gasteiger partial charge in [0.25, 0.3) is 0 Å². The van der Waals surface area contributed by atoms with Gasteiger partial charge >= 0.3 is 0 Å². The van der Waals surface area contributed by atoms with Crippen LogP contribution in [0, 0.1) is 5.82 Å². The number of aliphatic hydroxyl groups excluding tert-OH is 1. The molecule has 0 aliphatic rings. The van der Waals surface area contributed by atoms with Crippen molar-refractivity contribution in [1.82, 2.24) is 5.32 Å². The van der Waals surface area contributed by atoms with Crippen LogP contribution < -0.4 is 10.1 Å². The molecule has 0 heterocycles. The molecule has 106 valence electrons. The van der Waals surface area contributed by atoms with E-state index in [2.05, 4.69) is 5.32 Å². The Morgan fingerprint density at radius 1 is 1.25 bits per heavy atom. The predicted octanol–water partition coefficient (Wildman–Crippen LogP) is 3.39. The molecule has 0 saturated heterocycles. The summed E-state index contributed by atoms with van der Waals surface area (Å²) in [4.78, 5) is 0. The molecule has 2 N–H and O–H groups in total. The third-order valence-electron chi connectivity index (χ3n) is 3.20. The standard InChI is InChI=1S/C16H18FNO2/c1-11(18-2)13-6-7-16(15(17)9-13)20-14-5-3-4-12(8-14)10-19/h3-9,11,18-19H,10H2,1-2H3. The van der Waals surface area contributed by atoms with Gasteiger partial charge in [-0.05, 0) is 49.4 Å². The molecule has 0 spiro atoms. The van der Waals surface area contributed by atoms with Crippen LogP contribution in [0.15, 0.2) is 42.5 Å². The Morgan fingerprint density at radius 2 is 2.05 bits per heavy atom. The van der Waals surface area contributed by atoms with Gasteiger partial charge in [-0.1, -0.05) is 18.2 Å². The van der Waals surface area contributed by atoms with Crippen LogP contribution in [0.1, 0.15) is 24.1 Å². The van der Waals surface area contributed by atoms with Crippen LogP contribution in [-0.2, 0) is 6.61 Å². The highest BCUT2D eigenvalue weighted by Gasteiger charge is 2.09. The third-order valence-corrected chi connectivity index (χ3v) is 3.20. The highest BCUT2D eigenvalue weighted by atomic mass is 19.1. The van der Waals surface area contributed by atoms with E-state index in [-0.39, 0.29) is 18.4 Å². The van der Waals surface area contributed by atoms with Crippen LogP contribution in [0.4, 0.5) is 4.39 Å². The van der Waals surface area contributed by atoms with Gasteiger partial charge in [-0.15, -0.1) is 0 Å². The highest BCUT2D eigenvalue weighted by Crippen LogP contribution is 2.27. The Balaban J connectivity index is 2.21. The number of hydrogen-bond acceptors (Lipinski definition) is 3. The maximum atomic E-state index is 14.0. The summed E-state index contributed by atoms with van der Waals surface area (Å²) in [6.07, 6.45) is 0. The summed E-state index contributed by atoms with van der Waals surface area (Å²) in [5, 5.41) is 12.1. The maximum absolute atomic E-state index is 14.0. The maximum Gasteiger partial charge on any atom is 0.166 e. The van der Waals surface area contributed by atoms with E-state index in [4.69, 9.17) is 9.84 Å². The van der Waals surface area contributed by atoms with Crippen LogP contribution >= 0.6 is 0 Å². The van der Waals surface area contributed by atoms with Gasteiger partial charge < -0.3 is 15.2 Å². The zero-order chi connectivity index (χ0) is 14.5. The summed E-state index contributed by atoms with van der Waals surface area (Å²) in [6, 6.07) is 11.9. The van der Waals surface area contributed by atoms with Crippen LogP contribution in [-0.4, -0.2) is 12.2 Å². The van der Waals surface area contributed by atoms with Gasteiger partial charge in [-0.25, -0.2) is 4.39 Å². The molecule has 4 heteroatoms. The first-order valence-corrected chi connectivity index (χ1v) is 6.48. The van der Waals surface area contributed by atoms with E-state index in [0.29, 0.717) is 5.75 Å². The van der Waals surface area contributed by atoms with Crippen molar-refractivity contribution in [3.8, 4) is 11.5 Å². The van der Waals surface area contributed by atoms with Gasteiger partial charge in [0.2, 0.25) is 0 Å². The quantitative estimate of drug-likeness (QED) is 0.879. The van der Waals surface area contributed by atoms with Gasteiger partial charge in [0, 0.05) is 6.04 Å². The molecule has 1 atom stereocenters. The van der Waals surface area contributed by atoms with Crippen molar-refractivity contribution in [2.75, 3.05) is 7.05 Å². The van der Waals surface area contributed by atoms with E-state index >= 15 is 0 Å². The summed E-state index contributed by atoms with van der Waals surface area (Å²) in [7, 11) is 1.83. The highest BCUT2D eigenvalue weighted by molar-refractivity contribution is 5.36. The average molecular weight is 275 g/mol. The van der Waals surface area contributed by atoms with Crippen molar-refractivity contribution in [3.63, 3.8) is 0 Å². The average Bonchev–Trinajstić information content (AvgIpc) is 2.48. The second kappa shape index (κ2) is 6.50. The first-order valence-electron chi connectivity index (χ1n) is 6.48. The minimum absolute atomic E-state index is 0.0711. The van der Waals surface area contributed by atoms with E-state index < -0.39 is 5.82 Å². The fraction of sp³-hybridized carbons (Fsp3) is 0.250. The lowest BCUT2D eigenvalue weighted by atomic mass is 10.1. The SMILES string of the molecule is CNC(C)c1ccc(Oc2cccc(CO)c2)c(F)c1. The van der Waals surface area contributed by atoms with Crippen LogP contribution in [0.25, 0.3) is 0 Å². The molecular weight excluding hydrogens is 257 g/mol. The Kier molecular flexibility index (Phi) is 4.71. The summed E-state index contributed by atoms with van der Waals surface area (Å²) in [5.41, 5.74) is 1.59. The number of rotatable bonds is 5. The van der Waals surface area contributed by atoms with Crippen molar-refractivity contribution >= 4 is 0 Å². The predicted molar refractivity (Wildman–Crippen MR) is 76.3 cm³/mol.